The normalized spacial score (nSPS) is 11.0. The molecule has 0 atom stereocenters. The largest absolute Gasteiger partial charge is 0.365 e. The van der Waals surface area contributed by atoms with Crippen LogP contribution >= 0.6 is 0 Å². The van der Waals surface area contributed by atoms with Gasteiger partial charge in [0.2, 0.25) is 0 Å². The lowest BCUT2D eigenvalue weighted by molar-refractivity contribution is 0.636. The highest BCUT2D eigenvalue weighted by molar-refractivity contribution is 5.89. The molecule has 0 aliphatic rings. The molecule has 4 rings (SSSR count). The zero-order valence-electron chi connectivity index (χ0n) is 13.5. The molecular formula is C18H15FN6. The van der Waals surface area contributed by atoms with Crippen molar-refractivity contribution in [2.45, 2.75) is 13.5 Å². The zero-order chi connectivity index (χ0) is 17.2. The number of fused-ring (bicyclic) bond motifs is 1. The first-order chi connectivity index (χ1) is 12.2. The smallest absolute Gasteiger partial charge is 0.149 e. The Labute approximate surface area is 143 Å². The summed E-state index contributed by atoms with van der Waals surface area (Å²) in [7, 11) is 0. The molecular weight excluding hydrogens is 319 g/mol. The SMILES string of the molecule is Cc1nccn1-c1ccc(CNc2ncnc3c(F)cccc23)cn1. The van der Waals surface area contributed by atoms with Gasteiger partial charge in [-0.15, -0.1) is 0 Å². The number of nitrogens with one attached hydrogen (secondary N) is 1. The predicted octanol–water partition coefficient (Wildman–Crippen LogP) is 3.27. The molecule has 0 unspecified atom stereocenters. The van der Waals surface area contributed by atoms with Crippen molar-refractivity contribution in [2.75, 3.05) is 5.32 Å². The molecule has 1 N–H and O–H groups in total. The summed E-state index contributed by atoms with van der Waals surface area (Å²) < 4.78 is 15.7. The minimum absolute atomic E-state index is 0.309. The van der Waals surface area contributed by atoms with Crippen LogP contribution in [-0.4, -0.2) is 24.5 Å². The van der Waals surface area contributed by atoms with Gasteiger partial charge in [0.15, 0.2) is 0 Å². The molecule has 7 heteroatoms. The zero-order valence-corrected chi connectivity index (χ0v) is 13.5. The van der Waals surface area contributed by atoms with Crippen LogP contribution < -0.4 is 5.32 Å². The maximum Gasteiger partial charge on any atom is 0.149 e. The summed E-state index contributed by atoms with van der Waals surface area (Å²) in [5.41, 5.74) is 1.30. The highest BCUT2D eigenvalue weighted by Crippen LogP contribution is 2.21. The van der Waals surface area contributed by atoms with E-state index in [1.165, 1.54) is 12.4 Å². The van der Waals surface area contributed by atoms with Gasteiger partial charge in [-0.3, -0.25) is 4.57 Å². The lowest BCUT2D eigenvalue weighted by atomic mass is 10.2. The van der Waals surface area contributed by atoms with Gasteiger partial charge in [0, 0.05) is 30.5 Å². The first kappa shape index (κ1) is 15.2. The van der Waals surface area contributed by atoms with E-state index in [1.807, 2.05) is 29.8 Å². The van der Waals surface area contributed by atoms with Gasteiger partial charge in [-0.05, 0) is 30.7 Å². The Kier molecular flexibility index (Phi) is 3.81. The summed E-state index contributed by atoms with van der Waals surface area (Å²) in [5, 5.41) is 3.87. The molecule has 0 fully saturated rings. The van der Waals surface area contributed by atoms with Crippen molar-refractivity contribution in [3.05, 3.63) is 72.5 Å². The number of nitrogens with zero attached hydrogens (tertiary/aromatic N) is 5. The van der Waals surface area contributed by atoms with Crippen LogP contribution in [0.3, 0.4) is 0 Å². The Morgan fingerprint density at radius 1 is 1.08 bits per heavy atom. The summed E-state index contributed by atoms with van der Waals surface area (Å²) in [6.07, 6.45) is 6.77. The van der Waals surface area contributed by atoms with Crippen LogP contribution in [0.25, 0.3) is 16.7 Å². The van der Waals surface area contributed by atoms with Crippen LogP contribution in [0.1, 0.15) is 11.4 Å². The number of benzene rings is 1. The van der Waals surface area contributed by atoms with Crippen LogP contribution in [0.4, 0.5) is 10.2 Å². The number of pyridine rings is 1. The third-order valence-electron chi connectivity index (χ3n) is 3.96. The average molecular weight is 334 g/mol. The number of aryl methyl sites for hydroxylation is 1. The second-order valence-electron chi connectivity index (χ2n) is 5.58. The number of halogens is 1. The molecule has 0 saturated carbocycles. The van der Waals surface area contributed by atoms with E-state index < -0.39 is 0 Å². The fourth-order valence-corrected chi connectivity index (χ4v) is 2.66. The van der Waals surface area contributed by atoms with Gasteiger partial charge < -0.3 is 5.32 Å². The van der Waals surface area contributed by atoms with E-state index >= 15 is 0 Å². The van der Waals surface area contributed by atoms with Crippen LogP contribution in [0, 0.1) is 12.7 Å². The standard InChI is InChI=1S/C18H15FN6/c1-12-20-7-8-25(12)16-6-5-13(9-21-16)10-22-18-14-3-2-4-15(19)17(14)23-11-24-18/h2-9,11H,10H2,1H3,(H,22,23,24). The lowest BCUT2D eigenvalue weighted by Crippen LogP contribution is -2.04. The molecule has 0 amide bonds. The topological polar surface area (TPSA) is 68.5 Å². The second kappa shape index (κ2) is 6.27. The fraction of sp³-hybridized carbons (Fsp3) is 0.111. The average Bonchev–Trinajstić information content (AvgIpc) is 3.07. The molecule has 1 aromatic carbocycles. The summed E-state index contributed by atoms with van der Waals surface area (Å²) >= 11 is 0. The van der Waals surface area contributed by atoms with Crippen LogP contribution in [0.15, 0.2) is 55.2 Å². The van der Waals surface area contributed by atoms with Gasteiger partial charge in [0.05, 0.1) is 0 Å². The molecule has 0 aliphatic carbocycles. The monoisotopic (exact) mass is 334 g/mol. The molecule has 0 aliphatic heterocycles. The van der Waals surface area contributed by atoms with Crippen LogP contribution in [-0.2, 0) is 6.54 Å². The number of rotatable bonds is 4. The van der Waals surface area contributed by atoms with Crippen molar-refractivity contribution in [2.24, 2.45) is 0 Å². The lowest BCUT2D eigenvalue weighted by Gasteiger charge is -2.09. The maximum atomic E-state index is 13.8. The van der Waals surface area contributed by atoms with E-state index in [2.05, 4.69) is 25.3 Å². The first-order valence-electron chi connectivity index (χ1n) is 7.81. The maximum absolute atomic E-state index is 13.8. The van der Waals surface area contributed by atoms with Crippen molar-refractivity contribution in [1.29, 1.82) is 0 Å². The molecule has 25 heavy (non-hydrogen) atoms. The van der Waals surface area contributed by atoms with Gasteiger partial charge in [0.25, 0.3) is 0 Å². The Balaban J connectivity index is 1.54. The number of hydrogen-bond donors (Lipinski definition) is 1. The van der Waals surface area contributed by atoms with Gasteiger partial charge in [-0.25, -0.2) is 24.3 Å². The van der Waals surface area contributed by atoms with E-state index in [4.69, 9.17) is 0 Å². The number of aromatic nitrogens is 5. The van der Waals surface area contributed by atoms with Crippen molar-refractivity contribution in [3.8, 4) is 5.82 Å². The third-order valence-corrected chi connectivity index (χ3v) is 3.96. The highest BCUT2D eigenvalue weighted by Gasteiger charge is 2.07. The molecule has 4 aromatic rings. The molecule has 0 radical (unpaired) electrons. The molecule has 0 saturated heterocycles. The minimum atomic E-state index is -0.357. The van der Waals surface area contributed by atoms with Crippen molar-refractivity contribution < 1.29 is 4.39 Å². The number of imidazole rings is 1. The van der Waals surface area contributed by atoms with E-state index in [9.17, 15) is 4.39 Å². The number of hydrogen-bond acceptors (Lipinski definition) is 5. The van der Waals surface area contributed by atoms with E-state index in [0.717, 1.165) is 17.2 Å². The first-order valence-corrected chi connectivity index (χ1v) is 7.81. The molecule has 3 heterocycles. The predicted molar refractivity (Wildman–Crippen MR) is 92.9 cm³/mol. The fourth-order valence-electron chi connectivity index (χ4n) is 2.66. The molecule has 3 aromatic heterocycles. The van der Waals surface area contributed by atoms with E-state index in [-0.39, 0.29) is 5.82 Å². The highest BCUT2D eigenvalue weighted by atomic mass is 19.1. The quantitative estimate of drug-likeness (QED) is 0.620. The molecule has 124 valence electrons. The van der Waals surface area contributed by atoms with Gasteiger partial charge in [-0.2, -0.15) is 0 Å². The Hall–Kier alpha value is -3.35. The molecule has 0 bridgehead atoms. The summed E-state index contributed by atoms with van der Waals surface area (Å²) in [5.74, 6) is 1.94. The van der Waals surface area contributed by atoms with Crippen LogP contribution in [0.2, 0.25) is 0 Å². The molecule has 6 nitrogen and oxygen atoms in total. The van der Waals surface area contributed by atoms with Crippen molar-refractivity contribution >= 4 is 16.7 Å². The summed E-state index contributed by atoms with van der Waals surface area (Å²) in [6, 6.07) is 8.75. The van der Waals surface area contributed by atoms with Gasteiger partial charge in [0.1, 0.15) is 35.1 Å². The van der Waals surface area contributed by atoms with Crippen molar-refractivity contribution in [3.63, 3.8) is 0 Å². The van der Waals surface area contributed by atoms with Gasteiger partial charge >= 0.3 is 0 Å². The summed E-state index contributed by atoms with van der Waals surface area (Å²) in [4.78, 5) is 16.9. The third kappa shape index (κ3) is 2.91. The number of anilines is 1. The Bertz CT molecular complexity index is 1030. The molecule has 0 spiro atoms. The second-order valence-corrected chi connectivity index (χ2v) is 5.58. The van der Waals surface area contributed by atoms with Crippen molar-refractivity contribution in [1.82, 2.24) is 24.5 Å². The van der Waals surface area contributed by atoms with E-state index in [0.29, 0.717) is 23.3 Å². The summed E-state index contributed by atoms with van der Waals surface area (Å²) in [6.45, 7) is 2.45. The Morgan fingerprint density at radius 2 is 2.00 bits per heavy atom. The Morgan fingerprint density at radius 3 is 2.76 bits per heavy atom. The van der Waals surface area contributed by atoms with Gasteiger partial charge in [-0.1, -0.05) is 12.1 Å². The van der Waals surface area contributed by atoms with Crippen LogP contribution in [0.5, 0.6) is 0 Å². The minimum Gasteiger partial charge on any atom is -0.365 e. The number of para-hydroxylation sites is 1. The van der Waals surface area contributed by atoms with E-state index in [1.54, 1.807) is 24.5 Å².